The zero-order valence-electron chi connectivity index (χ0n) is 11.6. The lowest BCUT2D eigenvalue weighted by atomic mass is 10.2. The van der Waals surface area contributed by atoms with E-state index in [1.54, 1.807) is 7.05 Å². The maximum atomic E-state index is 6.03. The Morgan fingerprint density at radius 1 is 1.40 bits per heavy atom. The van der Waals surface area contributed by atoms with Crippen molar-refractivity contribution in [3.63, 3.8) is 0 Å². The summed E-state index contributed by atoms with van der Waals surface area (Å²) in [6.07, 6.45) is 1.08. The Morgan fingerprint density at radius 3 is 2.95 bits per heavy atom. The van der Waals surface area contributed by atoms with Crippen molar-refractivity contribution in [2.24, 2.45) is 7.05 Å². The van der Waals surface area contributed by atoms with Crippen LogP contribution < -0.4 is 10.1 Å². The fraction of sp³-hybridized carbons (Fsp3) is 0.462. The first kappa shape index (κ1) is 14.7. The van der Waals surface area contributed by atoms with E-state index in [4.69, 9.17) is 16.3 Å². The molecule has 0 amide bonds. The number of aryl methyl sites for hydroxylation is 1. The summed E-state index contributed by atoms with van der Waals surface area (Å²) in [7, 11) is 1.72. The van der Waals surface area contributed by atoms with Crippen molar-refractivity contribution in [1.29, 1.82) is 0 Å². The van der Waals surface area contributed by atoms with Crippen LogP contribution in [0, 0.1) is 0 Å². The van der Waals surface area contributed by atoms with E-state index < -0.39 is 0 Å². The number of aromatic nitrogens is 4. The first-order chi connectivity index (χ1) is 9.69. The third-order valence-corrected chi connectivity index (χ3v) is 2.91. The Labute approximate surface area is 123 Å². The molecule has 108 valence electrons. The smallest absolute Gasteiger partial charge is 0.212 e. The molecule has 0 fully saturated rings. The number of hydrogen-bond acceptors (Lipinski definition) is 5. The minimum absolute atomic E-state index is 0.288. The summed E-state index contributed by atoms with van der Waals surface area (Å²) in [6, 6.07) is 5.58. The van der Waals surface area contributed by atoms with Crippen molar-refractivity contribution in [2.45, 2.75) is 26.5 Å². The second-order valence-electron chi connectivity index (χ2n) is 4.41. The first-order valence-electron chi connectivity index (χ1n) is 6.54. The van der Waals surface area contributed by atoms with E-state index in [2.05, 4.69) is 27.7 Å². The number of rotatable bonds is 7. The summed E-state index contributed by atoms with van der Waals surface area (Å²) >= 11 is 6.03. The van der Waals surface area contributed by atoms with Gasteiger partial charge in [0.25, 0.3) is 0 Å². The van der Waals surface area contributed by atoms with Gasteiger partial charge in [0.05, 0.1) is 7.05 Å². The Bertz CT molecular complexity index is 557. The molecule has 0 aliphatic carbocycles. The third kappa shape index (κ3) is 4.18. The molecule has 0 saturated heterocycles. The lowest BCUT2D eigenvalue weighted by Gasteiger charge is -2.11. The molecule has 2 rings (SSSR count). The van der Waals surface area contributed by atoms with Gasteiger partial charge in [-0.2, -0.15) is 4.80 Å². The Balaban J connectivity index is 2.01. The molecule has 0 radical (unpaired) electrons. The number of nitrogens with one attached hydrogen (secondary N) is 1. The van der Waals surface area contributed by atoms with Crippen LogP contribution in [0.15, 0.2) is 18.2 Å². The summed E-state index contributed by atoms with van der Waals surface area (Å²) in [5, 5.41) is 15.8. The Kier molecular flexibility index (Phi) is 5.31. The highest BCUT2D eigenvalue weighted by molar-refractivity contribution is 6.30. The molecule has 0 saturated carbocycles. The third-order valence-electron chi connectivity index (χ3n) is 2.67. The highest BCUT2D eigenvalue weighted by atomic mass is 35.5. The maximum Gasteiger partial charge on any atom is 0.212 e. The zero-order chi connectivity index (χ0) is 14.4. The average Bonchev–Trinajstić information content (AvgIpc) is 2.84. The molecule has 1 N–H and O–H groups in total. The number of benzene rings is 1. The van der Waals surface area contributed by atoms with E-state index in [0.717, 1.165) is 30.8 Å². The molecule has 7 heteroatoms. The summed E-state index contributed by atoms with van der Waals surface area (Å²) in [5.41, 5.74) is 1.02. The Morgan fingerprint density at radius 2 is 2.25 bits per heavy atom. The normalized spacial score (nSPS) is 10.8. The van der Waals surface area contributed by atoms with Gasteiger partial charge in [-0.15, -0.1) is 10.2 Å². The van der Waals surface area contributed by atoms with Gasteiger partial charge in [0.15, 0.2) is 6.61 Å². The van der Waals surface area contributed by atoms with Crippen LogP contribution in [-0.4, -0.2) is 26.8 Å². The summed E-state index contributed by atoms with van der Waals surface area (Å²) in [4.78, 5) is 1.41. The number of halogens is 1. The molecule has 0 aliphatic heterocycles. The van der Waals surface area contributed by atoms with Gasteiger partial charge in [-0.25, -0.2) is 0 Å². The van der Waals surface area contributed by atoms with Crippen LogP contribution in [0.3, 0.4) is 0 Å². The van der Waals surface area contributed by atoms with Crippen molar-refractivity contribution in [3.8, 4) is 5.75 Å². The van der Waals surface area contributed by atoms with Gasteiger partial charge >= 0.3 is 0 Å². The van der Waals surface area contributed by atoms with Crippen LogP contribution in [0.4, 0.5) is 0 Å². The van der Waals surface area contributed by atoms with Gasteiger partial charge in [-0.05, 0) is 36.4 Å². The standard InChI is InChI=1S/C13H18ClN5O/c1-3-6-15-8-10-7-11(14)4-5-12(10)20-9-13-16-18-19(2)17-13/h4-5,7,15H,3,6,8-9H2,1-2H3. The second-order valence-corrected chi connectivity index (χ2v) is 4.85. The van der Waals surface area contributed by atoms with E-state index in [9.17, 15) is 0 Å². The van der Waals surface area contributed by atoms with Gasteiger partial charge in [-0.3, -0.25) is 0 Å². The van der Waals surface area contributed by atoms with Crippen LogP contribution >= 0.6 is 11.6 Å². The fourth-order valence-electron chi connectivity index (χ4n) is 1.75. The van der Waals surface area contributed by atoms with Crippen LogP contribution in [0.25, 0.3) is 0 Å². The van der Waals surface area contributed by atoms with Crippen molar-refractivity contribution >= 4 is 11.6 Å². The lowest BCUT2D eigenvalue weighted by molar-refractivity contribution is 0.291. The molecule has 1 aromatic carbocycles. The highest BCUT2D eigenvalue weighted by Gasteiger charge is 2.07. The van der Waals surface area contributed by atoms with E-state index in [-0.39, 0.29) is 6.61 Å². The highest BCUT2D eigenvalue weighted by Crippen LogP contribution is 2.23. The van der Waals surface area contributed by atoms with Gasteiger partial charge in [0.2, 0.25) is 5.82 Å². The van der Waals surface area contributed by atoms with E-state index >= 15 is 0 Å². The van der Waals surface area contributed by atoms with Crippen molar-refractivity contribution in [1.82, 2.24) is 25.5 Å². The minimum atomic E-state index is 0.288. The van der Waals surface area contributed by atoms with Gasteiger partial charge in [-0.1, -0.05) is 18.5 Å². The van der Waals surface area contributed by atoms with Crippen LogP contribution in [0.1, 0.15) is 24.7 Å². The first-order valence-corrected chi connectivity index (χ1v) is 6.91. The van der Waals surface area contributed by atoms with Crippen molar-refractivity contribution in [3.05, 3.63) is 34.6 Å². The quantitative estimate of drug-likeness (QED) is 0.791. The molecule has 0 aliphatic rings. The van der Waals surface area contributed by atoms with Gasteiger partial charge in [0.1, 0.15) is 5.75 Å². The monoisotopic (exact) mass is 295 g/mol. The molecule has 2 aromatic rings. The van der Waals surface area contributed by atoms with Gasteiger partial charge in [0, 0.05) is 17.1 Å². The summed E-state index contributed by atoms with van der Waals surface area (Å²) < 4.78 is 5.75. The second kappa shape index (κ2) is 7.21. The van der Waals surface area contributed by atoms with Gasteiger partial charge < -0.3 is 10.1 Å². The molecule has 1 heterocycles. The van der Waals surface area contributed by atoms with E-state index in [1.807, 2.05) is 18.2 Å². The van der Waals surface area contributed by atoms with Crippen molar-refractivity contribution < 1.29 is 4.74 Å². The Hall–Kier alpha value is -1.66. The molecule has 1 aromatic heterocycles. The molecular formula is C13H18ClN5O. The summed E-state index contributed by atoms with van der Waals surface area (Å²) in [5.74, 6) is 1.33. The van der Waals surface area contributed by atoms with E-state index in [1.165, 1.54) is 4.80 Å². The molecule has 6 nitrogen and oxygen atoms in total. The van der Waals surface area contributed by atoms with E-state index in [0.29, 0.717) is 10.8 Å². The molecule has 20 heavy (non-hydrogen) atoms. The minimum Gasteiger partial charge on any atom is -0.485 e. The predicted octanol–water partition coefficient (Wildman–Crippen LogP) is 1.94. The SMILES string of the molecule is CCCNCc1cc(Cl)ccc1OCc1nnn(C)n1. The van der Waals surface area contributed by atoms with Crippen LogP contribution in [0.2, 0.25) is 5.02 Å². The number of ether oxygens (including phenoxy) is 1. The zero-order valence-corrected chi connectivity index (χ0v) is 12.4. The molecule has 0 bridgehead atoms. The predicted molar refractivity (Wildman–Crippen MR) is 76.6 cm³/mol. The van der Waals surface area contributed by atoms with Crippen molar-refractivity contribution in [2.75, 3.05) is 6.54 Å². The fourth-order valence-corrected chi connectivity index (χ4v) is 1.94. The lowest BCUT2D eigenvalue weighted by Crippen LogP contribution is -2.14. The topological polar surface area (TPSA) is 64.9 Å². The molecular weight excluding hydrogens is 278 g/mol. The maximum absolute atomic E-state index is 6.03. The molecule has 0 unspecified atom stereocenters. The van der Waals surface area contributed by atoms with Crippen LogP contribution in [-0.2, 0) is 20.2 Å². The number of hydrogen-bond donors (Lipinski definition) is 1. The average molecular weight is 296 g/mol. The molecule has 0 atom stereocenters. The summed E-state index contributed by atoms with van der Waals surface area (Å²) in [6.45, 7) is 4.09. The molecule has 0 spiro atoms. The number of nitrogens with zero attached hydrogens (tertiary/aromatic N) is 4. The largest absolute Gasteiger partial charge is 0.485 e. The van der Waals surface area contributed by atoms with Crippen LogP contribution in [0.5, 0.6) is 5.75 Å². The number of tetrazole rings is 1.